The summed E-state index contributed by atoms with van der Waals surface area (Å²) in [4.78, 5) is 4.18. The number of halogens is 1. The Balaban J connectivity index is 2.20. The molecule has 0 spiro atoms. The number of aromatic nitrogens is 4. The lowest BCUT2D eigenvalue weighted by Gasteiger charge is -2.07. The Morgan fingerprint density at radius 3 is 2.58 bits per heavy atom. The lowest BCUT2D eigenvalue weighted by molar-refractivity contribution is 1.04. The van der Waals surface area contributed by atoms with Gasteiger partial charge in [-0.1, -0.05) is 30.3 Å². The van der Waals surface area contributed by atoms with E-state index < -0.39 is 0 Å². The highest BCUT2D eigenvalue weighted by molar-refractivity contribution is 6.28. The maximum absolute atomic E-state index is 6.14. The smallest absolute Gasteiger partial charge is 0.229 e. The molecule has 1 aromatic carbocycles. The number of benzene rings is 1. The molecule has 0 N–H and O–H groups in total. The Labute approximate surface area is 115 Å². The second-order valence-electron chi connectivity index (χ2n) is 4.21. The van der Waals surface area contributed by atoms with Gasteiger partial charge < -0.3 is 0 Å². The molecule has 2 aromatic heterocycles. The van der Waals surface area contributed by atoms with Gasteiger partial charge in [0.2, 0.25) is 5.28 Å². The molecule has 0 aliphatic carbocycles. The molecule has 0 aliphatic heterocycles. The van der Waals surface area contributed by atoms with Crippen LogP contribution in [0.1, 0.15) is 5.56 Å². The lowest BCUT2D eigenvalue weighted by atomic mass is 10.2. The molecular formula is C14H11ClN4. The van der Waals surface area contributed by atoms with E-state index in [-0.39, 0.29) is 0 Å². The van der Waals surface area contributed by atoms with Crippen LogP contribution in [0, 0.1) is 6.92 Å². The normalized spacial score (nSPS) is 10.6. The van der Waals surface area contributed by atoms with E-state index in [0.717, 1.165) is 16.8 Å². The van der Waals surface area contributed by atoms with E-state index in [2.05, 4.69) is 15.2 Å². The van der Waals surface area contributed by atoms with Gasteiger partial charge in [-0.2, -0.15) is 0 Å². The fraction of sp³-hybridized carbons (Fsp3) is 0.0714. The molecule has 4 nitrogen and oxygen atoms in total. The molecule has 94 valence electrons. The Bertz CT molecular complexity index is 706. The zero-order chi connectivity index (χ0) is 13.2. The minimum Gasteiger partial charge on any atom is -0.264 e. The van der Waals surface area contributed by atoms with Gasteiger partial charge in [-0.25, -0.2) is 0 Å². The van der Waals surface area contributed by atoms with E-state index in [9.17, 15) is 0 Å². The van der Waals surface area contributed by atoms with Crippen LogP contribution in [0.4, 0.5) is 0 Å². The molecule has 0 aliphatic rings. The molecule has 0 amide bonds. The minimum absolute atomic E-state index is 0.325. The highest BCUT2D eigenvalue weighted by Gasteiger charge is 2.14. The molecule has 0 radical (unpaired) electrons. The van der Waals surface area contributed by atoms with Crippen molar-refractivity contribution >= 4 is 11.6 Å². The Kier molecular flexibility index (Phi) is 3.01. The summed E-state index contributed by atoms with van der Waals surface area (Å²) in [6.45, 7) is 1.98. The topological polar surface area (TPSA) is 43.6 Å². The minimum atomic E-state index is 0.325. The molecule has 3 rings (SSSR count). The molecule has 0 saturated carbocycles. The summed E-state index contributed by atoms with van der Waals surface area (Å²) in [7, 11) is 0. The summed E-state index contributed by atoms with van der Waals surface area (Å²) in [5.41, 5.74) is 2.87. The highest BCUT2D eigenvalue weighted by atomic mass is 35.5. The van der Waals surface area contributed by atoms with Crippen LogP contribution in [0.3, 0.4) is 0 Å². The molecule has 0 atom stereocenters. The quantitative estimate of drug-likeness (QED) is 0.718. The van der Waals surface area contributed by atoms with Gasteiger partial charge >= 0.3 is 0 Å². The molecule has 0 saturated heterocycles. The molecular weight excluding hydrogens is 260 g/mol. The fourth-order valence-electron chi connectivity index (χ4n) is 1.93. The summed E-state index contributed by atoms with van der Waals surface area (Å²) in [5.74, 6) is 0.706. The Morgan fingerprint density at radius 1 is 1.05 bits per heavy atom. The van der Waals surface area contributed by atoms with Crippen LogP contribution < -0.4 is 0 Å². The van der Waals surface area contributed by atoms with E-state index in [1.165, 1.54) is 0 Å². The van der Waals surface area contributed by atoms with Gasteiger partial charge in [-0.15, -0.1) is 10.2 Å². The van der Waals surface area contributed by atoms with Crippen molar-refractivity contribution in [2.45, 2.75) is 6.92 Å². The van der Waals surface area contributed by atoms with Gasteiger partial charge in [0.15, 0.2) is 5.82 Å². The van der Waals surface area contributed by atoms with Gasteiger partial charge in [0.25, 0.3) is 0 Å². The predicted octanol–water partition coefficient (Wildman–Crippen LogP) is 3.29. The van der Waals surface area contributed by atoms with Gasteiger partial charge in [0.05, 0.1) is 11.9 Å². The van der Waals surface area contributed by atoms with E-state index >= 15 is 0 Å². The van der Waals surface area contributed by atoms with Crippen molar-refractivity contribution in [2.24, 2.45) is 0 Å². The Morgan fingerprint density at radius 2 is 1.84 bits per heavy atom. The monoisotopic (exact) mass is 270 g/mol. The largest absolute Gasteiger partial charge is 0.264 e. The van der Waals surface area contributed by atoms with Crippen LogP contribution in [-0.4, -0.2) is 19.7 Å². The maximum Gasteiger partial charge on any atom is 0.229 e. The summed E-state index contributed by atoms with van der Waals surface area (Å²) in [6.07, 6.45) is 3.54. The number of rotatable bonds is 2. The van der Waals surface area contributed by atoms with Crippen LogP contribution in [0.15, 0.2) is 48.8 Å². The summed E-state index contributed by atoms with van der Waals surface area (Å²) >= 11 is 6.14. The SMILES string of the molecule is Cc1cncc(-n2c(Cl)nnc2-c2ccccc2)c1. The number of aryl methyl sites for hydroxylation is 1. The first kappa shape index (κ1) is 11.9. The van der Waals surface area contributed by atoms with Crippen molar-refractivity contribution in [1.29, 1.82) is 0 Å². The van der Waals surface area contributed by atoms with E-state index in [1.807, 2.05) is 43.3 Å². The zero-order valence-electron chi connectivity index (χ0n) is 10.3. The van der Waals surface area contributed by atoms with Gasteiger partial charge in [-0.3, -0.25) is 9.55 Å². The predicted molar refractivity (Wildman–Crippen MR) is 74.3 cm³/mol. The van der Waals surface area contributed by atoms with Gasteiger partial charge in [0.1, 0.15) is 0 Å². The highest BCUT2D eigenvalue weighted by Crippen LogP contribution is 2.24. The van der Waals surface area contributed by atoms with Crippen molar-refractivity contribution in [3.63, 3.8) is 0 Å². The van der Waals surface area contributed by atoms with Crippen molar-refractivity contribution < 1.29 is 0 Å². The molecule has 5 heteroatoms. The van der Waals surface area contributed by atoms with E-state index in [1.54, 1.807) is 17.0 Å². The zero-order valence-corrected chi connectivity index (χ0v) is 11.0. The molecule has 3 aromatic rings. The standard InChI is InChI=1S/C14H11ClN4/c1-10-7-12(9-16-8-10)19-13(17-18-14(19)15)11-5-3-2-4-6-11/h2-9H,1H3. The van der Waals surface area contributed by atoms with Crippen LogP contribution >= 0.6 is 11.6 Å². The van der Waals surface area contributed by atoms with Crippen LogP contribution in [0.5, 0.6) is 0 Å². The lowest BCUT2D eigenvalue weighted by Crippen LogP contribution is -1.99. The summed E-state index contributed by atoms with van der Waals surface area (Å²) in [5, 5.41) is 8.42. The van der Waals surface area contributed by atoms with Crippen molar-refractivity contribution in [3.05, 3.63) is 59.6 Å². The fourth-order valence-corrected chi connectivity index (χ4v) is 2.15. The first-order valence-corrected chi connectivity index (χ1v) is 6.22. The summed E-state index contributed by atoms with van der Waals surface area (Å²) < 4.78 is 1.79. The first-order chi connectivity index (χ1) is 9.25. The Hall–Kier alpha value is -2.20. The molecule has 0 fully saturated rings. The third kappa shape index (κ3) is 2.22. The third-order valence-corrected chi connectivity index (χ3v) is 3.02. The number of hydrogen-bond donors (Lipinski definition) is 0. The number of nitrogens with zero attached hydrogens (tertiary/aromatic N) is 4. The van der Waals surface area contributed by atoms with E-state index in [4.69, 9.17) is 11.6 Å². The molecule has 0 bridgehead atoms. The van der Waals surface area contributed by atoms with Crippen molar-refractivity contribution in [3.8, 4) is 17.1 Å². The van der Waals surface area contributed by atoms with Crippen molar-refractivity contribution in [1.82, 2.24) is 19.7 Å². The van der Waals surface area contributed by atoms with Crippen molar-refractivity contribution in [2.75, 3.05) is 0 Å². The summed E-state index contributed by atoms with van der Waals surface area (Å²) in [6, 6.07) is 11.8. The average Bonchev–Trinajstić information content (AvgIpc) is 2.82. The van der Waals surface area contributed by atoms with Gasteiger partial charge in [-0.05, 0) is 30.2 Å². The molecule has 0 unspecified atom stereocenters. The third-order valence-electron chi connectivity index (χ3n) is 2.77. The van der Waals surface area contributed by atoms with Crippen LogP contribution in [0.25, 0.3) is 17.1 Å². The van der Waals surface area contributed by atoms with Crippen LogP contribution in [0.2, 0.25) is 5.28 Å². The molecule has 2 heterocycles. The van der Waals surface area contributed by atoms with E-state index in [0.29, 0.717) is 11.1 Å². The second kappa shape index (κ2) is 4.82. The number of hydrogen-bond acceptors (Lipinski definition) is 3. The first-order valence-electron chi connectivity index (χ1n) is 5.84. The van der Waals surface area contributed by atoms with Crippen LogP contribution in [-0.2, 0) is 0 Å². The second-order valence-corrected chi connectivity index (χ2v) is 4.55. The average molecular weight is 271 g/mol. The number of pyridine rings is 1. The molecule has 19 heavy (non-hydrogen) atoms. The van der Waals surface area contributed by atoms with Gasteiger partial charge in [0, 0.05) is 11.8 Å². The maximum atomic E-state index is 6.14.